The SMILES string of the molecule is O=[N+]([O-])c1cc2nc(NC3C4CC5CC(C4)CC3C5)c(NC3C4CC5CC(C4)CC3C5)nc2cc1[N+](=O)[O-]. The summed E-state index contributed by atoms with van der Waals surface area (Å²) in [5.74, 6) is 7.25. The zero-order valence-corrected chi connectivity index (χ0v) is 21.4. The molecule has 0 unspecified atom stereocenters. The molecule has 8 fully saturated rings. The summed E-state index contributed by atoms with van der Waals surface area (Å²) < 4.78 is 0. The Morgan fingerprint density at radius 1 is 0.579 bits per heavy atom. The lowest BCUT2D eigenvalue weighted by molar-refractivity contribution is -0.422. The molecule has 2 aromatic rings. The Hall–Kier alpha value is -3.04. The minimum Gasteiger partial charge on any atom is -0.364 e. The molecule has 2 N–H and O–H groups in total. The van der Waals surface area contributed by atoms with Crippen LogP contribution >= 0.6 is 0 Å². The van der Waals surface area contributed by atoms with E-state index in [1.165, 1.54) is 76.3 Å². The van der Waals surface area contributed by atoms with Crippen LogP contribution in [0.4, 0.5) is 23.0 Å². The summed E-state index contributed by atoms with van der Waals surface area (Å²) in [7, 11) is 0. The largest absolute Gasteiger partial charge is 0.364 e. The molecule has 8 saturated carbocycles. The summed E-state index contributed by atoms with van der Waals surface area (Å²) >= 11 is 0. The van der Waals surface area contributed by atoms with Crippen LogP contribution in [0.5, 0.6) is 0 Å². The van der Waals surface area contributed by atoms with E-state index in [9.17, 15) is 20.2 Å². The molecular formula is C28H34N6O4. The van der Waals surface area contributed by atoms with Crippen molar-refractivity contribution in [3.63, 3.8) is 0 Å². The number of anilines is 2. The van der Waals surface area contributed by atoms with E-state index < -0.39 is 21.2 Å². The average Bonchev–Trinajstić information content (AvgIpc) is 2.86. The van der Waals surface area contributed by atoms with E-state index in [1.807, 2.05) is 0 Å². The topological polar surface area (TPSA) is 136 Å². The third-order valence-electron chi connectivity index (χ3n) is 11.2. The van der Waals surface area contributed by atoms with Crippen LogP contribution in [0, 0.1) is 67.6 Å². The first kappa shape index (κ1) is 22.9. The van der Waals surface area contributed by atoms with Gasteiger partial charge in [0, 0.05) is 12.1 Å². The molecule has 0 radical (unpaired) electrons. The van der Waals surface area contributed by atoms with Crippen molar-refractivity contribution in [2.75, 3.05) is 10.6 Å². The number of nitrogens with zero attached hydrogens (tertiary/aromatic N) is 4. The minimum atomic E-state index is -0.704. The molecular weight excluding hydrogens is 484 g/mol. The van der Waals surface area contributed by atoms with Crippen molar-refractivity contribution in [2.45, 2.75) is 76.3 Å². The normalized spacial score (nSPS) is 40.0. The molecule has 1 aromatic carbocycles. The Bertz CT molecular complexity index is 1190. The maximum Gasteiger partial charge on any atom is 0.348 e. The zero-order valence-electron chi connectivity index (χ0n) is 21.4. The molecule has 200 valence electrons. The number of benzene rings is 1. The van der Waals surface area contributed by atoms with E-state index in [2.05, 4.69) is 10.6 Å². The second-order valence-corrected chi connectivity index (χ2v) is 13.5. The molecule has 8 bridgehead atoms. The van der Waals surface area contributed by atoms with E-state index in [-0.39, 0.29) is 0 Å². The number of nitro groups is 2. The fraction of sp³-hybridized carbons (Fsp3) is 0.714. The smallest absolute Gasteiger partial charge is 0.348 e. The minimum absolute atomic E-state index is 0.323. The number of hydrogen-bond donors (Lipinski definition) is 2. The van der Waals surface area contributed by atoms with E-state index >= 15 is 0 Å². The highest BCUT2D eigenvalue weighted by Gasteiger charge is 2.50. The highest BCUT2D eigenvalue weighted by atomic mass is 16.6. The maximum absolute atomic E-state index is 11.6. The van der Waals surface area contributed by atoms with Gasteiger partial charge in [0.1, 0.15) is 0 Å². The summed E-state index contributed by atoms with van der Waals surface area (Å²) in [5.41, 5.74) is -0.438. The monoisotopic (exact) mass is 518 g/mol. The number of rotatable bonds is 6. The van der Waals surface area contributed by atoms with Gasteiger partial charge < -0.3 is 10.6 Å². The van der Waals surface area contributed by atoms with Gasteiger partial charge in [-0.25, -0.2) is 9.97 Å². The van der Waals surface area contributed by atoms with Crippen molar-refractivity contribution < 1.29 is 9.85 Å². The van der Waals surface area contributed by atoms with Crippen molar-refractivity contribution in [2.24, 2.45) is 47.3 Å². The number of hydrogen-bond acceptors (Lipinski definition) is 8. The van der Waals surface area contributed by atoms with Gasteiger partial charge in [-0.3, -0.25) is 20.2 Å². The Balaban J connectivity index is 1.19. The van der Waals surface area contributed by atoms with Gasteiger partial charge in [-0.05, 0) is 112 Å². The van der Waals surface area contributed by atoms with Crippen molar-refractivity contribution in [1.82, 2.24) is 9.97 Å². The van der Waals surface area contributed by atoms with Gasteiger partial charge in [-0.2, -0.15) is 0 Å². The Labute approximate surface area is 220 Å². The van der Waals surface area contributed by atoms with Crippen LogP contribution in [0.2, 0.25) is 0 Å². The average molecular weight is 519 g/mol. The maximum atomic E-state index is 11.6. The van der Waals surface area contributed by atoms with E-state index in [4.69, 9.17) is 9.97 Å². The lowest BCUT2D eigenvalue weighted by Crippen LogP contribution is -2.52. The molecule has 0 saturated heterocycles. The number of fused-ring (bicyclic) bond motifs is 1. The molecule has 38 heavy (non-hydrogen) atoms. The first-order valence-electron chi connectivity index (χ1n) is 14.6. The van der Waals surface area contributed by atoms with Crippen LogP contribution in [0.25, 0.3) is 11.0 Å². The van der Waals surface area contributed by atoms with Gasteiger partial charge in [0.25, 0.3) is 0 Å². The second kappa shape index (κ2) is 8.23. The fourth-order valence-electron chi connectivity index (χ4n) is 10.2. The van der Waals surface area contributed by atoms with Gasteiger partial charge in [0.2, 0.25) is 0 Å². The quantitative estimate of drug-likeness (QED) is 0.355. The van der Waals surface area contributed by atoms with Crippen molar-refractivity contribution in [3.8, 4) is 0 Å². The van der Waals surface area contributed by atoms with Crippen LogP contribution < -0.4 is 10.6 Å². The van der Waals surface area contributed by atoms with Crippen molar-refractivity contribution in [3.05, 3.63) is 32.4 Å². The zero-order chi connectivity index (χ0) is 25.7. The van der Waals surface area contributed by atoms with E-state index in [0.29, 0.717) is 58.4 Å². The molecule has 0 aliphatic heterocycles. The molecule has 8 aliphatic rings. The molecule has 0 spiro atoms. The molecule has 1 heterocycles. The van der Waals surface area contributed by atoms with Crippen LogP contribution in [-0.4, -0.2) is 31.9 Å². The lowest BCUT2D eigenvalue weighted by Gasteiger charge is -2.55. The van der Waals surface area contributed by atoms with E-state index in [0.717, 1.165) is 23.7 Å². The van der Waals surface area contributed by atoms with Gasteiger partial charge >= 0.3 is 11.4 Å². The first-order chi connectivity index (χ1) is 18.4. The van der Waals surface area contributed by atoms with Crippen molar-refractivity contribution in [1.29, 1.82) is 0 Å². The van der Waals surface area contributed by atoms with Gasteiger partial charge in [0.05, 0.1) is 33.0 Å². The highest BCUT2D eigenvalue weighted by molar-refractivity contribution is 5.86. The van der Waals surface area contributed by atoms with Crippen LogP contribution in [0.15, 0.2) is 12.1 Å². The molecule has 1 aromatic heterocycles. The molecule has 0 atom stereocenters. The van der Waals surface area contributed by atoms with Crippen molar-refractivity contribution >= 4 is 34.0 Å². The number of nitrogens with one attached hydrogen (secondary N) is 2. The summed E-state index contributed by atoms with van der Waals surface area (Å²) in [5, 5.41) is 30.9. The predicted molar refractivity (Wildman–Crippen MR) is 142 cm³/mol. The first-order valence-corrected chi connectivity index (χ1v) is 14.6. The third kappa shape index (κ3) is 3.58. The summed E-state index contributed by atoms with van der Waals surface area (Å²) in [6, 6.07) is 3.10. The summed E-state index contributed by atoms with van der Waals surface area (Å²) in [6.45, 7) is 0. The molecule has 0 amide bonds. The fourth-order valence-corrected chi connectivity index (χ4v) is 10.2. The standard InChI is InChI=1S/C28H34N6O4/c35-33(36)23-11-21-22(12-24(23)34(37)38)30-28(32-26-19-7-15-2-16(9-19)10-20(26)8-15)27(29-21)31-25-17-3-13-1-14(5-17)6-18(25)4-13/h11-20,25-26H,1-10H2,(H,29,31)(H,30,32). The summed E-state index contributed by atoms with van der Waals surface area (Å²) in [4.78, 5) is 31.6. The molecule has 8 aliphatic carbocycles. The molecule has 10 nitrogen and oxygen atoms in total. The predicted octanol–water partition coefficient (Wildman–Crippen LogP) is 5.92. The lowest BCUT2D eigenvalue weighted by atomic mass is 9.54. The Kier molecular flexibility index (Phi) is 4.96. The molecule has 10 heteroatoms. The van der Waals surface area contributed by atoms with Crippen LogP contribution in [0.1, 0.15) is 64.2 Å². The van der Waals surface area contributed by atoms with Gasteiger partial charge in [-0.15, -0.1) is 0 Å². The Morgan fingerprint density at radius 2 is 0.895 bits per heavy atom. The number of nitro benzene ring substituents is 2. The summed E-state index contributed by atoms with van der Waals surface area (Å²) in [6.07, 6.45) is 12.9. The van der Waals surface area contributed by atoms with Crippen LogP contribution in [0.3, 0.4) is 0 Å². The highest BCUT2D eigenvalue weighted by Crippen LogP contribution is 2.56. The van der Waals surface area contributed by atoms with Gasteiger partial charge in [0.15, 0.2) is 11.6 Å². The number of aromatic nitrogens is 2. The third-order valence-corrected chi connectivity index (χ3v) is 11.2. The molecule has 10 rings (SSSR count). The van der Waals surface area contributed by atoms with Crippen LogP contribution in [-0.2, 0) is 0 Å². The van der Waals surface area contributed by atoms with E-state index in [1.54, 1.807) is 0 Å². The van der Waals surface area contributed by atoms with Gasteiger partial charge in [-0.1, -0.05) is 0 Å². The Morgan fingerprint density at radius 3 is 1.18 bits per heavy atom. The second-order valence-electron chi connectivity index (χ2n) is 13.5.